The molecule has 0 bridgehead atoms. The Morgan fingerprint density at radius 2 is 1.87 bits per heavy atom. The zero-order valence-electron chi connectivity index (χ0n) is 16.9. The number of ether oxygens (including phenoxy) is 2. The van der Waals surface area contributed by atoms with Crippen LogP contribution < -0.4 is 14.8 Å². The molecule has 0 amide bonds. The molecule has 11 heteroatoms. The van der Waals surface area contributed by atoms with E-state index in [0.717, 1.165) is 11.3 Å². The summed E-state index contributed by atoms with van der Waals surface area (Å²) in [4.78, 5) is 0. The highest BCUT2D eigenvalue weighted by molar-refractivity contribution is 5.45. The Kier molecular flexibility index (Phi) is 6.12. The smallest absolute Gasteiger partial charge is 0.346 e. The Balaban J connectivity index is 1.52. The first-order valence-corrected chi connectivity index (χ1v) is 9.66. The summed E-state index contributed by atoms with van der Waals surface area (Å²) in [5, 5.41) is 26.5. The molecule has 2 aromatic heterocycles. The zero-order chi connectivity index (χ0) is 21.5. The van der Waals surface area contributed by atoms with Crippen molar-refractivity contribution >= 4 is 5.95 Å². The molecule has 11 nitrogen and oxygen atoms in total. The maximum atomic E-state index is 5.98. The third kappa shape index (κ3) is 4.66. The van der Waals surface area contributed by atoms with E-state index in [-0.39, 0.29) is 6.01 Å². The van der Waals surface area contributed by atoms with Crippen molar-refractivity contribution in [2.75, 3.05) is 11.9 Å². The number of anilines is 1. The molecule has 0 radical (unpaired) electrons. The Morgan fingerprint density at radius 3 is 2.68 bits per heavy atom. The monoisotopic (exact) mass is 419 g/mol. The van der Waals surface area contributed by atoms with Crippen LogP contribution in [0.1, 0.15) is 12.5 Å². The number of aromatic nitrogens is 8. The second-order valence-corrected chi connectivity index (χ2v) is 6.35. The minimum Gasteiger partial charge on any atom is -0.490 e. The fourth-order valence-electron chi connectivity index (χ4n) is 2.84. The Hall–Kier alpha value is -4.28. The summed E-state index contributed by atoms with van der Waals surface area (Å²) in [5.41, 5.74) is 1.75. The van der Waals surface area contributed by atoms with E-state index in [1.807, 2.05) is 55.5 Å². The Bertz CT molecular complexity index is 1140. The van der Waals surface area contributed by atoms with Crippen LogP contribution in [-0.2, 0) is 13.1 Å². The van der Waals surface area contributed by atoms with Gasteiger partial charge in [0.1, 0.15) is 0 Å². The standard InChI is InChI=1S/C20H21N9O2/c1-3-12-28-19(22-24-26-28)21-14-15-10-11-17(18(13-15)30-4-2)31-20-23-25-27-29(20)16-8-6-5-7-9-16/h3,5-11,13H,1,4,12,14H2,2H3,(H,21,22,26). The van der Waals surface area contributed by atoms with Crippen molar-refractivity contribution < 1.29 is 9.47 Å². The SMILES string of the molecule is C=CCn1nnnc1NCc1ccc(Oc2nnnn2-c2ccccc2)c(OCC)c1. The molecule has 0 saturated carbocycles. The van der Waals surface area contributed by atoms with E-state index in [0.29, 0.717) is 37.1 Å². The largest absolute Gasteiger partial charge is 0.490 e. The van der Waals surface area contributed by atoms with Gasteiger partial charge in [-0.25, -0.2) is 4.68 Å². The lowest BCUT2D eigenvalue weighted by Crippen LogP contribution is -2.08. The number of tetrazole rings is 2. The fourth-order valence-corrected chi connectivity index (χ4v) is 2.84. The van der Waals surface area contributed by atoms with Gasteiger partial charge in [0.2, 0.25) is 5.95 Å². The summed E-state index contributed by atoms with van der Waals surface area (Å²) >= 11 is 0. The van der Waals surface area contributed by atoms with Gasteiger partial charge < -0.3 is 14.8 Å². The summed E-state index contributed by atoms with van der Waals surface area (Å²) in [6.45, 7) is 7.11. The third-order valence-corrected chi connectivity index (χ3v) is 4.24. The molecular formula is C20H21N9O2. The number of nitrogens with zero attached hydrogens (tertiary/aromatic N) is 8. The molecule has 0 spiro atoms. The highest BCUT2D eigenvalue weighted by Crippen LogP contribution is 2.32. The van der Waals surface area contributed by atoms with Gasteiger partial charge in [0, 0.05) is 6.54 Å². The van der Waals surface area contributed by atoms with Crippen molar-refractivity contribution in [2.24, 2.45) is 0 Å². The van der Waals surface area contributed by atoms with Gasteiger partial charge in [0.05, 0.1) is 18.8 Å². The van der Waals surface area contributed by atoms with Gasteiger partial charge in [-0.15, -0.1) is 6.58 Å². The van der Waals surface area contributed by atoms with Gasteiger partial charge in [-0.05, 0) is 57.6 Å². The molecule has 0 aliphatic heterocycles. The average Bonchev–Trinajstić information content (AvgIpc) is 3.44. The van der Waals surface area contributed by atoms with Gasteiger partial charge in [-0.1, -0.05) is 40.5 Å². The number of allylic oxidation sites excluding steroid dienone is 1. The summed E-state index contributed by atoms with van der Waals surface area (Å²) in [6, 6.07) is 15.4. The molecule has 158 valence electrons. The van der Waals surface area contributed by atoms with Crippen molar-refractivity contribution in [3.05, 3.63) is 66.7 Å². The second kappa shape index (κ2) is 9.48. The number of nitrogens with one attached hydrogen (secondary N) is 1. The molecule has 0 aliphatic carbocycles. The fraction of sp³-hybridized carbons (Fsp3) is 0.200. The van der Waals surface area contributed by atoms with Gasteiger partial charge in [-0.3, -0.25) is 0 Å². The molecule has 0 atom stereocenters. The molecule has 0 fully saturated rings. The van der Waals surface area contributed by atoms with E-state index >= 15 is 0 Å². The lowest BCUT2D eigenvalue weighted by molar-refractivity contribution is 0.315. The summed E-state index contributed by atoms with van der Waals surface area (Å²) in [7, 11) is 0. The van der Waals surface area contributed by atoms with Crippen LogP contribution in [0.4, 0.5) is 5.95 Å². The average molecular weight is 419 g/mol. The minimum atomic E-state index is 0.238. The van der Waals surface area contributed by atoms with Gasteiger partial charge in [-0.2, -0.15) is 4.68 Å². The summed E-state index contributed by atoms with van der Waals surface area (Å²) in [5.74, 6) is 1.64. The van der Waals surface area contributed by atoms with Crippen molar-refractivity contribution in [2.45, 2.75) is 20.0 Å². The number of para-hydroxylation sites is 1. The predicted octanol–water partition coefficient (Wildman–Crippen LogP) is 2.64. The van der Waals surface area contributed by atoms with Crippen LogP contribution in [0.15, 0.2) is 61.2 Å². The van der Waals surface area contributed by atoms with Gasteiger partial charge in [0.25, 0.3) is 0 Å². The molecule has 0 aliphatic rings. The van der Waals surface area contributed by atoms with Crippen LogP contribution in [0.5, 0.6) is 17.5 Å². The van der Waals surface area contributed by atoms with Crippen LogP contribution in [-0.4, -0.2) is 47.0 Å². The highest BCUT2D eigenvalue weighted by atomic mass is 16.5. The first kappa shape index (κ1) is 20.0. The van der Waals surface area contributed by atoms with Gasteiger partial charge >= 0.3 is 6.01 Å². The van der Waals surface area contributed by atoms with Crippen LogP contribution >= 0.6 is 0 Å². The van der Waals surface area contributed by atoms with E-state index in [1.54, 1.807) is 10.8 Å². The molecule has 31 heavy (non-hydrogen) atoms. The van der Waals surface area contributed by atoms with E-state index in [9.17, 15) is 0 Å². The molecule has 2 aromatic carbocycles. The van der Waals surface area contributed by atoms with E-state index in [1.165, 1.54) is 4.68 Å². The Morgan fingerprint density at radius 1 is 1.03 bits per heavy atom. The Labute approximate surface area is 178 Å². The zero-order valence-corrected chi connectivity index (χ0v) is 16.9. The van der Waals surface area contributed by atoms with Crippen LogP contribution in [0.3, 0.4) is 0 Å². The van der Waals surface area contributed by atoms with E-state index in [4.69, 9.17) is 9.47 Å². The molecule has 4 aromatic rings. The molecule has 0 unspecified atom stereocenters. The molecule has 0 saturated heterocycles. The minimum absolute atomic E-state index is 0.238. The van der Waals surface area contributed by atoms with Crippen LogP contribution in [0.25, 0.3) is 5.69 Å². The van der Waals surface area contributed by atoms with E-state index < -0.39 is 0 Å². The number of hydrogen-bond donors (Lipinski definition) is 1. The predicted molar refractivity (Wildman–Crippen MR) is 112 cm³/mol. The molecular weight excluding hydrogens is 398 g/mol. The first-order chi connectivity index (χ1) is 15.3. The lowest BCUT2D eigenvalue weighted by atomic mass is 10.2. The van der Waals surface area contributed by atoms with Crippen molar-refractivity contribution in [3.8, 4) is 23.2 Å². The number of hydrogen-bond acceptors (Lipinski definition) is 9. The summed E-state index contributed by atoms with van der Waals surface area (Å²) in [6.07, 6.45) is 1.73. The highest BCUT2D eigenvalue weighted by Gasteiger charge is 2.15. The third-order valence-electron chi connectivity index (χ3n) is 4.24. The quantitative estimate of drug-likeness (QED) is 0.387. The summed E-state index contributed by atoms with van der Waals surface area (Å²) < 4.78 is 14.9. The topological polar surface area (TPSA) is 118 Å². The van der Waals surface area contributed by atoms with Crippen molar-refractivity contribution in [3.63, 3.8) is 0 Å². The van der Waals surface area contributed by atoms with Crippen molar-refractivity contribution in [1.82, 2.24) is 40.4 Å². The second-order valence-electron chi connectivity index (χ2n) is 6.35. The first-order valence-electron chi connectivity index (χ1n) is 9.66. The molecule has 1 N–H and O–H groups in total. The van der Waals surface area contributed by atoms with Crippen molar-refractivity contribution in [1.29, 1.82) is 0 Å². The maximum absolute atomic E-state index is 5.98. The molecule has 4 rings (SSSR count). The number of benzene rings is 2. The normalized spacial score (nSPS) is 10.6. The van der Waals surface area contributed by atoms with Crippen LogP contribution in [0, 0.1) is 0 Å². The number of rotatable bonds is 10. The lowest BCUT2D eigenvalue weighted by Gasteiger charge is -2.13. The van der Waals surface area contributed by atoms with Gasteiger partial charge in [0.15, 0.2) is 11.5 Å². The molecule has 2 heterocycles. The van der Waals surface area contributed by atoms with Crippen LogP contribution in [0.2, 0.25) is 0 Å². The van der Waals surface area contributed by atoms with E-state index in [2.05, 4.69) is 42.9 Å². The maximum Gasteiger partial charge on any atom is 0.346 e.